The molecule has 8 nitrogen and oxygen atoms in total. The van der Waals surface area contributed by atoms with E-state index in [4.69, 9.17) is 10.2 Å². The lowest BCUT2D eigenvalue weighted by Crippen LogP contribution is -2.57. The third-order valence-corrected chi connectivity index (χ3v) is 3.33. The molecule has 0 aromatic rings. The summed E-state index contributed by atoms with van der Waals surface area (Å²) in [5, 5.41) is 20.0. The SMILES string of the molecule is CC1CN(C)CCN1C(=O)NC(CCC(=O)O)C(=O)O. The van der Waals surface area contributed by atoms with Gasteiger partial charge in [0.1, 0.15) is 6.04 Å². The fourth-order valence-electron chi connectivity index (χ4n) is 2.20. The normalized spacial score (nSPS) is 21.3. The summed E-state index contributed by atoms with van der Waals surface area (Å²) in [6.45, 7) is 3.86. The molecule has 0 aromatic heterocycles. The first-order valence-corrected chi connectivity index (χ1v) is 6.51. The summed E-state index contributed by atoms with van der Waals surface area (Å²) < 4.78 is 0. The van der Waals surface area contributed by atoms with Crippen molar-refractivity contribution >= 4 is 18.0 Å². The second kappa shape index (κ2) is 7.09. The first-order valence-electron chi connectivity index (χ1n) is 6.51. The largest absolute Gasteiger partial charge is 0.481 e. The molecule has 1 fully saturated rings. The van der Waals surface area contributed by atoms with E-state index in [1.165, 1.54) is 0 Å². The molecule has 0 saturated carbocycles. The number of amides is 2. The van der Waals surface area contributed by atoms with Crippen LogP contribution in [-0.2, 0) is 9.59 Å². The van der Waals surface area contributed by atoms with Gasteiger partial charge in [0, 0.05) is 32.1 Å². The summed E-state index contributed by atoms with van der Waals surface area (Å²) in [6, 6.07) is -1.64. The Balaban J connectivity index is 2.57. The Kier molecular flexibility index (Phi) is 5.75. The van der Waals surface area contributed by atoms with Gasteiger partial charge in [0.05, 0.1) is 0 Å². The molecule has 20 heavy (non-hydrogen) atoms. The van der Waals surface area contributed by atoms with Crippen molar-refractivity contribution in [2.45, 2.75) is 31.8 Å². The highest BCUT2D eigenvalue weighted by Crippen LogP contribution is 2.09. The number of carbonyl (C=O) groups is 3. The lowest BCUT2D eigenvalue weighted by molar-refractivity contribution is -0.140. The zero-order chi connectivity index (χ0) is 15.3. The summed E-state index contributed by atoms with van der Waals surface area (Å²) >= 11 is 0. The third-order valence-electron chi connectivity index (χ3n) is 3.33. The van der Waals surface area contributed by atoms with E-state index in [-0.39, 0.29) is 18.9 Å². The highest BCUT2D eigenvalue weighted by Gasteiger charge is 2.29. The van der Waals surface area contributed by atoms with Gasteiger partial charge in [0.25, 0.3) is 0 Å². The molecule has 1 aliphatic heterocycles. The molecule has 2 unspecified atom stereocenters. The Morgan fingerprint density at radius 1 is 1.30 bits per heavy atom. The molecule has 0 radical (unpaired) electrons. The monoisotopic (exact) mass is 287 g/mol. The smallest absolute Gasteiger partial charge is 0.326 e. The molecular formula is C12H21N3O5. The van der Waals surface area contributed by atoms with Crippen molar-refractivity contribution in [1.29, 1.82) is 0 Å². The number of likely N-dealkylation sites (N-methyl/N-ethyl adjacent to an activating group) is 1. The maximum atomic E-state index is 12.1. The first kappa shape index (κ1) is 16.2. The number of hydrogen-bond acceptors (Lipinski definition) is 4. The van der Waals surface area contributed by atoms with E-state index in [1.807, 2.05) is 14.0 Å². The van der Waals surface area contributed by atoms with Gasteiger partial charge in [-0.25, -0.2) is 9.59 Å². The van der Waals surface area contributed by atoms with Gasteiger partial charge >= 0.3 is 18.0 Å². The number of nitrogens with one attached hydrogen (secondary N) is 1. The Labute approximate surface area is 117 Å². The van der Waals surface area contributed by atoms with Gasteiger partial charge in [0.15, 0.2) is 0 Å². The number of hydrogen-bond donors (Lipinski definition) is 3. The van der Waals surface area contributed by atoms with Crippen molar-refractivity contribution < 1.29 is 24.6 Å². The van der Waals surface area contributed by atoms with E-state index >= 15 is 0 Å². The number of carboxylic acid groups (broad SMARTS) is 2. The molecule has 1 saturated heterocycles. The summed E-state index contributed by atoms with van der Waals surface area (Å²) in [5.41, 5.74) is 0. The van der Waals surface area contributed by atoms with Crippen molar-refractivity contribution in [3.05, 3.63) is 0 Å². The van der Waals surface area contributed by atoms with Crippen LogP contribution in [0.2, 0.25) is 0 Å². The molecule has 1 rings (SSSR count). The Hall–Kier alpha value is -1.83. The molecule has 2 amide bonds. The molecule has 1 heterocycles. The molecule has 0 spiro atoms. The van der Waals surface area contributed by atoms with Crippen LogP contribution in [0.3, 0.4) is 0 Å². The molecule has 3 N–H and O–H groups in total. The Morgan fingerprint density at radius 3 is 2.45 bits per heavy atom. The number of nitrogens with zero attached hydrogens (tertiary/aromatic N) is 2. The standard InChI is InChI=1S/C12H21N3O5/c1-8-7-14(2)5-6-15(8)12(20)13-9(11(18)19)3-4-10(16)17/h8-9H,3-7H2,1-2H3,(H,13,20)(H,16,17)(H,18,19). The van der Waals surface area contributed by atoms with Crippen LogP contribution in [0.1, 0.15) is 19.8 Å². The van der Waals surface area contributed by atoms with Crippen LogP contribution in [0.15, 0.2) is 0 Å². The average Bonchev–Trinajstić information content (AvgIpc) is 2.33. The fourth-order valence-corrected chi connectivity index (χ4v) is 2.20. The fraction of sp³-hybridized carbons (Fsp3) is 0.750. The maximum absolute atomic E-state index is 12.1. The van der Waals surface area contributed by atoms with Gasteiger partial charge in [-0.1, -0.05) is 0 Å². The zero-order valence-corrected chi connectivity index (χ0v) is 11.7. The molecule has 0 bridgehead atoms. The van der Waals surface area contributed by atoms with Crippen molar-refractivity contribution in [3.8, 4) is 0 Å². The Morgan fingerprint density at radius 2 is 1.95 bits per heavy atom. The molecular weight excluding hydrogens is 266 g/mol. The molecule has 0 aliphatic carbocycles. The van der Waals surface area contributed by atoms with Gasteiger partial charge < -0.3 is 25.3 Å². The summed E-state index contributed by atoms with van der Waals surface area (Å²) in [6.07, 6.45) is -0.423. The van der Waals surface area contributed by atoms with Crippen LogP contribution in [0.5, 0.6) is 0 Å². The Bertz CT molecular complexity index is 387. The molecule has 1 aliphatic rings. The second-order valence-electron chi connectivity index (χ2n) is 5.08. The number of urea groups is 1. The van der Waals surface area contributed by atoms with Crippen molar-refractivity contribution in [1.82, 2.24) is 15.1 Å². The first-order chi connectivity index (χ1) is 9.31. The number of piperazine rings is 1. The van der Waals surface area contributed by atoms with Crippen molar-refractivity contribution in [2.75, 3.05) is 26.7 Å². The van der Waals surface area contributed by atoms with Gasteiger partial charge in [-0.15, -0.1) is 0 Å². The van der Waals surface area contributed by atoms with E-state index in [1.54, 1.807) is 4.90 Å². The van der Waals surface area contributed by atoms with Crippen LogP contribution in [0.4, 0.5) is 4.79 Å². The van der Waals surface area contributed by atoms with Crippen LogP contribution in [0.25, 0.3) is 0 Å². The van der Waals surface area contributed by atoms with E-state index in [9.17, 15) is 14.4 Å². The van der Waals surface area contributed by atoms with Crippen LogP contribution >= 0.6 is 0 Å². The second-order valence-corrected chi connectivity index (χ2v) is 5.08. The number of carbonyl (C=O) groups excluding carboxylic acids is 1. The molecule has 8 heteroatoms. The minimum atomic E-state index is -1.22. The summed E-state index contributed by atoms with van der Waals surface area (Å²) in [7, 11) is 1.96. The summed E-state index contributed by atoms with van der Waals surface area (Å²) in [4.78, 5) is 37.2. The number of rotatable bonds is 5. The van der Waals surface area contributed by atoms with Crippen LogP contribution in [0, 0.1) is 0 Å². The van der Waals surface area contributed by atoms with E-state index in [2.05, 4.69) is 10.2 Å². The number of carboxylic acids is 2. The minimum Gasteiger partial charge on any atom is -0.481 e. The number of aliphatic carboxylic acids is 2. The molecule has 2 atom stereocenters. The molecule has 114 valence electrons. The van der Waals surface area contributed by atoms with E-state index in [0.717, 1.165) is 13.1 Å². The average molecular weight is 287 g/mol. The van der Waals surface area contributed by atoms with Gasteiger partial charge in [-0.05, 0) is 20.4 Å². The minimum absolute atomic E-state index is 0.0114. The van der Waals surface area contributed by atoms with Gasteiger partial charge in [-0.3, -0.25) is 4.79 Å². The zero-order valence-electron chi connectivity index (χ0n) is 11.7. The lowest BCUT2D eigenvalue weighted by atomic mass is 10.1. The molecule has 0 aromatic carbocycles. The van der Waals surface area contributed by atoms with Gasteiger partial charge in [-0.2, -0.15) is 0 Å². The maximum Gasteiger partial charge on any atom is 0.326 e. The van der Waals surface area contributed by atoms with E-state index in [0.29, 0.717) is 6.54 Å². The lowest BCUT2D eigenvalue weighted by Gasteiger charge is -2.38. The van der Waals surface area contributed by atoms with Crippen LogP contribution < -0.4 is 5.32 Å². The third kappa shape index (κ3) is 4.69. The predicted octanol–water partition coefficient (Wildman–Crippen LogP) is -0.350. The highest BCUT2D eigenvalue weighted by molar-refractivity contribution is 5.83. The highest BCUT2D eigenvalue weighted by atomic mass is 16.4. The predicted molar refractivity (Wildman–Crippen MR) is 70.5 cm³/mol. The van der Waals surface area contributed by atoms with Crippen molar-refractivity contribution in [2.24, 2.45) is 0 Å². The quantitative estimate of drug-likeness (QED) is 0.637. The van der Waals surface area contributed by atoms with Crippen molar-refractivity contribution in [3.63, 3.8) is 0 Å². The topological polar surface area (TPSA) is 110 Å². The van der Waals surface area contributed by atoms with Gasteiger partial charge in [0.2, 0.25) is 0 Å². The van der Waals surface area contributed by atoms with Crippen LogP contribution in [-0.4, -0.2) is 76.7 Å². The van der Waals surface area contributed by atoms with E-state index < -0.39 is 24.0 Å². The summed E-state index contributed by atoms with van der Waals surface area (Å²) in [5.74, 6) is -2.31.